The third-order valence-corrected chi connectivity index (χ3v) is 4.48. The third kappa shape index (κ3) is 2.63. The normalized spacial score (nSPS) is 21.0. The summed E-state index contributed by atoms with van der Waals surface area (Å²) < 4.78 is 2.20. The molecule has 3 rings (SSSR count). The van der Waals surface area contributed by atoms with E-state index in [1.54, 1.807) is 0 Å². The molecule has 112 valence electrons. The second kappa shape index (κ2) is 5.66. The number of hydrogen-bond acceptors (Lipinski definition) is 2. The summed E-state index contributed by atoms with van der Waals surface area (Å²) in [6.45, 7) is 1.93. The van der Waals surface area contributed by atoms with Crippen LogP contribution in [0.25, 0.3) is 0 Å². The van der Waals surface area contributed by atoms with Gasteiger partial charge in [-0.1, -0.05) is 24.3 Å². The lowest BCUT2D eigenvalue weighted by molar-refractivity contribution is 0.0597. The van der Waals surface area contributed by atoms with E-state index in [9.17, 15) is 5.11 Å². The lowest BCUT2D eigenvalue weighted by Gasteiger charge is -2.30. The summed E-state index contributed by atoms with van der Waals surface area (Å²) in [6.07, 6.45) is 4.79. The molecule has 0 saturated carbocycles. The van der Waals surface area contributed by atoms with Crippen molar-refractivity contribution in [3.8, 4) is 0 Å². The number of aliphatic hydroxyl groups is 1. The zero-order chi connectivity index (χ0) is 14.9. The maximum absolute atomic E-state index is 11.5. The van der Waals surface area contributed by atoms with E-state index >= 15 is 0 Å². The quantitative estimate of drug-likeness (QED) is 0.935. The molecule has 3 nitrogen and oxygen atoms in total. The average Bonchev–Trinajstić information content (AvgIpc) is 2.90. The Morgan fingerprint density at radius 3 is 2.81 bits per heavy atom. The molecule has 2 heterocycles. The van der Waals surface area contributed by atoms with E-state index in [4.69, 9.17) is 0 Å². The SMILES string of the molecule is CN(C)CCCC1(O)c2ccccc2CCn2cccc21. The highest BCUT2D eigenvalue weighted by Gasteiger charge is 2.36. The molecule has 1 aliphatic heterocycles. The molecule has 21 heavy (non-hydrogen) atoms. The Morgan fingerprint density at radius 1 is 1.19 bits per heavy atom. The van der Waals surface area contributed by atoms with E-state index in [0.29, 0.717) is 0 Å². The number of rotatable bonds is 4. The van der Waals surface area contributed by atoms with Crippen LogP contribution in [-0.2, 0) is 18.6 Å². The van der Waals surface area contributed by atoms with Crippen molar-refractivity contribution in [3.63, 3.8) is 0 Å². The summed E-state index contributed by atoms with van der Waals surface area (Å²) in [4.78, 5) is 2.17. The summed E-state index contributed by atoms with van der Waals surface area (Å²) in [5.41, 5.74) is 2.52. The molecule has 0 radical (unpaired) electrons. The minimum absolute atomic E-state index is 0.756. The van der Waals surface area contributed by atoms with Crippen LogP contribution in [0.3, 0.4) is 0 Å². The number of aromatic nitrogens is 1. The molecule has 1 aliphatic rings. The van der Waals surface area contributed by atoms with E-state index in [2.05, 4.69) is 54.0 Å². The number of aryl methyl sites for hydroxylation is 2. The van der Waals surface area contributed by atoms with Gasteiger partial charge in [0.25, 0.3) is 0 Å². The lowest BCUT2D eigenvalue weighted by Crippen LogP contribution is -2.31. The third-order valence-electron chi connectivity index (χ3n) is 4.48. The zero-order valence-corrected chi connectivity index (χ0v) is 12.9. The Balaban J connectivity index is 2.01. The van der Waals surface area contributed by atoms with Crippen molar-refractivity contribution in [2.75, 3.05) is 20.6 Å². The minimum Gasteiger partial charge on any atom is -0.379 e. The molecule has 2 aromatic rings. The van der Waals surface area contributed by atoms with Crippen molar-refractivity contribution in [2.45, 2.75) is 31.4 Å². The average molecular weight is 284 g/mol. The molecule has 1 atom stereocenters. The first-order valence-electron chi connectivity index (χ1n) is 7.72. The number of hydrogen-bond donors (Lipinski definition) is 1. The van der Waals surface area contributed by atoms with Gasteiger partial charge in [0.05, 0.1) is 5.69 Å². The van der Waals surface area contributed by atoms with Gasteiger partial charge in [-0.3, -0.25) is 0 Å². The molecule has 1 aromatic heterocycles. The van der Waals surface area contributed by atoms with E-state index in [0.717, 1.165) is 43.6 Å². The van der Waals surface area contributed by atoms with Crippen LogP contribution >= 0.6 is 0 Å². The van der Waals surface area contributed by atoms with Gasteiger partial charge in [-0.25, -0.2) is 0 Å². The van der Waals surface area contributed by atoms with Crippen molar-refractivity contribution in [1.29, 1.82) is 0 Å². The molecule has 0 amide bonds. The van der Waals surface area contributed by atoms with Crippen LogP contribution in [0.4, 0.5) is 0 Å². The van der Waals surface area contributed by atoms with Gasteiger partial charge in [0.1, 0.15) is 5.60 Å². The van der Waals surface area contributed by atoms with E-state index in [1.807, 2.05) is 12.1 Å². The van der Waals surface area contributed by atoms with Crippen LogP contribution in [0.15, 0.2) is 42.6 Å². The van der Waals surface area contributed by atoms with E-state index < -0.39 is 5.60 Å². The maximum Gasteiger partial charge on any atom is 0.130 e. The van der Waals surface area contributed by atoms with E-state index in [1.165, 1.54) is 5.56 Å². The summed E-state index contributed by atoms with van der Waals surface area (Å²) >= 11 is 0. The van der Waals surface area contributed by atoms with Gasteiger partial charge in [0.15, 0.2) is 0 Å². The van der Waals surface area contributed by atoms with Crippen molar-refractivity contribution >= 4 is 0 Å². The van der Waals surface area contributed by atoms with Gasteiger partial charge in [-0.2, -0.15) is 0 Å². The highest BCUT2D eigenvalue weighted by atomic mass is 16.3. The van der Waals surface area contributed by atoms with Crippen LogP contribution in [0.1, 0.15) is 29.7 Å². The highest BCUT2D eigenvalue weighted by Crippen LogP contribution is 2.38. The molecular formula is C18H24N2O. The van der Waals surface area contributed by atoms with Crippen LogP contribution in [0.2, 0.25) is 0 Å². The second-order valence-corrected chi connectivity index (χ2v) is 6.26. The molecule has 0 saturated heterocycles. The van der Waals surface area contributed by atoms with Crippen molar-refractivity contribution in [3.05, 3.63) is 59.4 Å². The monoisotopic (exact) mass is 284 g/mol. The van der Waals surface area contributed by atoms with Crippen molar-refractivity contribution < 1.29 is 5.11 Å². The van der Waals surface area contributed by atoms with Gasteiger partial charge in [0.2, 0.25) is 0 Å². The second-order valence-electron chi connectivity index (χ2n) is 6.26. The molecular weight excluding hydrogens is 260 g/mol. The van der Waals surface area contributed by atoms with Crippen molar-refractivity contribution in [1.82, 2.24) is 9.47 Å². The van der Waals surface area contributed by atoms with Gasteiger partial charge < -0.3 is 14.6 Å². The summed E-state index contributed by atoms with van der Waals surface area (Å²) in [5.74, 6) is 0. The first kappa shape index (κ1) is 14.4. The topological polar surface area (TPSA) is 28.4 Å². The Bertz CT molecular complexity index is 617. The summed E-state index contributed by atoms with van der Waals surface area (Å²) in [5, 5.41) is 11.5. The largest absolute Gasteiger partial charge is 0.379 e. The first-order valence-corrected chi connectivity index (χ1v) is 7.72. The fourth-order valence-electron chi connectivity index (χ4n) is 3.42. The Morgan fingerprint density at radius 2 is 2.00 bits per heavy atom. The van der Waals surface area contributed by atoms with Gasteiger partial charge >= 0.3 is 0 Å². The number of benzene rings is 1. The number of nitrogens with zero attached hydrogens (tertiary/aromatic N) is 2. The Labute approximate surface area is 126 Å². The molecule has 1 N–H and O–H groups in total. The molecule has 0 fully saturated rings. The Hall–Kier alpha value is -1.58. The summed E-state index contributed by atoms with van der Waals surface area (Å²) in [6, 6.07) is 12.5. The molecule has 1 aromatic carbocycles. The maximum atomic E-state index is 11.5. The molecule has 1 unspecified atom stereocenters. The smallest absolute Gasteiger partial charge is 0.130 e. The van der Waals surface area contributed by atoms with Crippen LogP contribution in [-0.4, -0.2) is 35.2 Å². The van der Waals surface area contributed by atoms with Crippen LogP contribution in [0, 0.1) is 0 Å². The predicted octanol–water partition coefficient (Wildman–Crippen LogP) is 2.62. The first-order chi connectivity index (χ1) is 10.1. The van der Waals surface area contributed by atoms with Crippen LogP contribution in [0.5, 0.6) is 0 Å². The molecule has 0 bridgehead atoms. The fourth-order valence-corrected chi connectivity index (χ4v) is 3.42. The Kier molecular flexibility index (Phi) is 3.87. The minimum atomic E-state index is -0.868. The predicted molar refractivity (Wildman–Crippen MR) is 85.4 cm³/mol. The van der Waals surface area contributed by atoms with Gasteiger partial charge in [-0.05, 0) is 63.2 Å². The van der Waals surface area contributed by atoms with Crippen LogP contribution < -0.4 is 0 Å². The van der Waals surface area contributed by atoms with Gasteiger partial charge in [-0.15, -0.1) is 0 Å². The van der Waals surface area contributed by atoms with Gasteiger partial charge in [0, 0.05) is 12.7 Å². The van der Waals surface area contributed by atoms with Crippen molar-refractivity contribution in [2.24, 2.45) is 0 Å². The molecule has 0 aliphatic carbocycles. The molecule has 3 heteroatoms. The highest BCUT2D eigenvalue weighted by molar-refractivity contribution is 5.41. The number of fused-ring (bicyclic) bond motifs is 2. The summed E-state index contributed by atoms with van der Waals surface area (Å²) in [7, 11) is 4.15. The lowest BCUT2D eigenvalue weighted by atomic mass is 9.83. The fraction of sp³-hybridized carbons (Fsp3) is 0.444. The van der Waals surface area contributed by atoms with E-state index in [-0.39, 0.29) is 0 Å². The standard InChI is InChI=1S/C18H24N2O/c1-19(2)12-6-11-18(21)16-8-4-3-7-15(16)10-14-20-13-5-9-17(18)20/h3-5,7-9,13,21H,6,10-12,14H2,1-2H3. The zero-order valence-electron chi connectivity index (χ0n) is 12.9. The molecule has 0 spiro atoms.